The van der Waals surface area contributed by atoms with E-state index in [-0.39, 0.29) is 5.82 Å². The van der Waals surface area contributed by atoms with Crippen molar-refractivity contribution >= 4 is 5.69 Å². The van der Waals surface area contributed by atoms with E-state index in [4.69, 9.17) is 5.26 Å². The Morgan fingerprint density at radius 2 is 1.93 bits per heavy atom. The second kappa shape index (κ2) is 3.90. The predicted molar refractivity (Wildman–Crippen MR) is 59.4 cm³/mol. The van der Waals surface area contributed by atoms with Gasteiger partial charge in [-0.05, 0) is 31.5 Å². The highest BCUT2D eigenvalue weighted by atomic mass is 19.1. The van der Waals surface area contributed by atoms with Gasteiger partial charge in [0.15, 0.2) is 0 Å². The molecule has 1 aromatic rings. The minimum Gasteiger partial charge on any atom is -0.377 e. The summed E-state index contributed by atoms with van der Waals surface area (Å²) in [4.78, 5) is 1.82. The summed E-state index contributed by atoms with van der Waals surface area (Å²) in [6.45, 7) is 3.65. The van der Waals surface area contributed by atoms with Gasteiger partial charge < -0.3 is 4.90 Å². The van der Waals surface area contributed by atoms with Crippen LogP contribution in [-0.2, 0) is 5.41 Å². The van der Waals surface area contributed by atoms with Crippen molar-refractivity contribution in [1.29, 1.82) is 5.26 Å². The fourth-order valence-corrected chi connectivity index (χ4v) is 1.46. The summed E-state index contributed by atoms with van der Waals surface area (Å²) in [6, 6.07) is 6.74. The highest BCUT2D eigenvalue weighted by molar-refractivity contribution is 5.57. The standard InChI is InChI=1S/C12H15FN2/c1-12(2,8-14)10-6-5-9(13)7-11(10)15(3)4/h5-7H,1-4H3. The van der Waals surface area contributed by atoms with E-state index in [0.29, 0.717) is 0 Å². The molecular formula is C12H15FN2. The first-order valence-corrected chi connectivity index (χ1v) is 4.77. The first kappa shape index (κ1) is 11.5. The quantitative estimate of drug-likeness (QED) is 0.743. The van der Waals surface area contributed by atoms with Gasteiger partial charge in [-0.2, -0.15) is 5.26 Å². The van der Waals surface area contributed by atoms with Crippen LogP contribution in [0.2, 0.25) is 0 Å². The van der Waals surface area contributed by atoms with Gasteiger partial charge >= 0.3 is 0 Å². The molecule has 0 saturated heterocycles. The number of benzene rings is 1. The van der Waals surface area contributed by atoms with Gasteiger partial charge in [0, 0.05) is 19.8 Å². The van der Waals surface area contributed by atoms with Gasteiger partial charge in [0.1, 0.15) is 5.82 Å². The Labute approximate surface area is 89.9 Å². The molecule has 15 heavy (non-hydrogen) atoms. The highest BCUT2D eigenvalue weighted by Crippen LogP contribution is 2.31. The minimum absolute atomic E-state index is 0.281. The van der Waals surface area contributed by atoms with Crippen molar-refractivity contribution in [3.8, 4) is 6.07 Å². The second-order valence-corrected chi connectivity index (χ2v) is 4.29. The predicted octanol–water partition coefficient (Wildman–Crippen LogP) is 2.69. The summed E-state index contributed by atoms with van der Waals surface area (Å²) in [6.07, 6.45) is 0. The Balaban J connectivity index is 3.37. The smallest absolute Gasteiger partial charge is 0.125 e. The number of anilines is 1. The summed E-state index contributed by atoms with van der Waals surface area (Å²) in [7, 11) is 3.68. The Morgan fingerprint density at radius 1 is 1.33 bits per heavy atom. The first-order chi connectivity index (χ1) is 6.88. The molecule has 0 N–H and O–H groups in total. The molecule has 0 radical (unpaired) electrons. The zero-order chi connectivity index (χ0) is 11.6. The van der Waals surface area contributed by atoms with E-state index in [1.807, 2.05) is 32.8 Å². The zero-order valence-electron chi connectivity index (χ0n) is 9.50. The van der Waals surface area contributed by atoms with Crippen LogP contribution in [0.4, 0.5) is 10.1 Å². The molecule has 0 aliphatic carbocycles. The van der Waals surface area contributed by atoms with Crippen LogP contribution in [0.5, 0.6) is 0 Å². The number of rotatable bonds is 2. The molecule has 0 bridgehead atoms. The molecule has 3 heteroatoms. The van der Waals surface area contributed by atoms with Gasteiger partial charge in [-0.1, -0.05) is 6.07 Å². The van der Waals surface area contributed by atoms with Crippen LogP contribution in [0.1, 0.15) is 19.4 Å². The maximum atomic E-state index is 13.1. The van der Waals surface area contributed by atoms with Gasteiger partial charge in [-0.3, -0.25) is 0 Å². The Hall–Kier alpha value is -1.56. The molecule has 0 unspecified atom stereocenters. The molecule has 0 heterocycles. The minimum atomic E-state index is -0.604. The van der Waals surface area contributed by atoms with Crippen LogP contribution in [0, 0.1) is 17.1 Å². The summed E-state index contributed by atoms with van der Waals surface area (Å²) >= 11 is 0. The van der Waals surface area contributed by atoms with Crippen LogP contribution in [0.15, 0.2) is 18.2 Å². The average molecular weight is 206 g/mol. The largest absolute Gasteiger partial charge is 0.377 e. The molecule has 2 nitrogen and oxygen atoms in total. The normalized spacial score (nSPS) is 10.9. The third-order valence-corrected chi connectivity index (χ3v) is 2.39. The summed E-state index contributed by atoms with van der Waals surface area (Å²) < 4.78 is 13.1. The molecule has 80 valence electrons. The molecule has 0 aromatic heterocycles. The summed E-state index contributed by atoms with van der Waals surface area (Å²) in [5.41, 5.74) is 0.991. The van der Waals surface area contributed by atoms with Crippen molar-refractivity contribution in [2.45, 2.75) is 19.3 Å². The lowest BCUT2D eigenvalue weighted by molar-refractivity contribution is 0.621. The van der Waals surface area contributed by atoms with E-state index in [2.05, 4.69) is 6.07 Å². The van der Waals surface area contributed by atoms with Crippen molar-refractivity contribution in [3.05, 3.63) is 29.6 Å². The van der Waals surface area contributed by atoms with Crippen LogP contribution in [0.3, 0.4) is 0 Å². The van der Waals surface area contributed by atoms with E-state index in [1.165, 1.54) is 12.1 Å². The third-order valence-electron chi connectivity index (χ3n) is 2.39. The van der Waals surface area contributed by atoms with E-state index in [9.17, 15) is 4.39 Å². The Kier molecular flexibility index (Phi) is 2.99. The zero-order valence-corrected chi connectivity index (χ0v) is 9.50. The fraction of sp³-hybridized carbons (Fsp3) is 0.417. The molecule has 0 saturated carbocycles. The van der Waals surface area contributed by atoms with E-state index in [0.717, 1.165) is 11.3 Å². The van der Waals surface area contributed by atoms with Crippen LogP contribution >= 0.6 is 0 Å². The van der Waals surface area contributed by atoms with Gasteiger partial charge in [0.25, 0.3) is 0 Å². The maximum Gasteiger partial charge on any atom is 0.125 e. The van der Waals surface area contributed by atoms with Crippen LogP contribution in [0.25, 0.3) is 0 Å². The molecule has 0 atom stereocenters. The topological polar surface area (TPSA) is 27.0 Å². The van der Waals surface area contributed by atoms with Gasteiger partial charge in [-0.25, -0.2) is 4.39 Å². The Bertz CT molecular complexity index is 403. The lowest BCUT2D eigenvalue weighted by Crippen LogP contribution is -2.20. The molecule has 1 rings (SSSR count). The van der Waals surface area contributed by atoms with Gasteiger partial charge in [-0.15, -0.1) is 0 Å². The molecular weight excluding hydrogens is 191 g/mol. The SMILES string of the molecule is CN(C)c1cc(F)ccc1C(C)(C)C#N. The van der Waals surface area contributed by atoms with Gasteiger partial charge in [0.05, 0.1) is 11.5 Å². The number of nitrogens with zero attached hydrogens (tertiary/aromatic N) is 2. The fourth-order valence-electron chi connectivity index (χ4n) is 1.46. The lowest BCUT2D eigenvalue weighted by Gasteiger charge is -2.24. The van der Waals surface area contributed by atoms with E-state index in [1.54, 1.807) is 6.07 Å². The van der Waals surface area contributed by atoms with E-state index < -0.39 is 5.41 Å². The molecule has 0 aliphatic rings. The highest BCUT2D eigenvalue weighted by Gasteiger charge is 2.24. The van der Waals surface area contributed by atoms with Crippen LogP contribution in [-0.4, -0.2) is 14.1 Å². The van der Waals surface area contributed by atoms with Crippen molar-refractivity contribution in [1.82, 2.24) is 0 Å². The first-order valence-electron chi connectivity index (χ1n) is 4.77. The number of hydrogen-bond acceptors (Lipinski definition) is 2. The third kappa shape index (κ3) is 2.27. The lowest BCUT2D eigenvalue weighted by atomic mass is 9.85. The number of nitriles is 1. The summed E-state index contributed by atoms with van der Waals surface area (Å²) in [5.74, 6) is -0.281. The van der Waals surface area contributed by atoms with E-state index >= 15 is 0 Å². The van der Waals surface area contributed by atoms with Crippen LogP contribution < -0.4 is 4.90 Å². The van der Waals surface area contributed by atoms with Crippen molar-refractivity contribution in [2.24, 2.45) is 0 Å². The Morgan fingerprint density at radius 3 is 2.40 bits per heavy atom. The molecule has 0 aliphatic heterocycles. The van der Waals surface area contributed by atoms with Crippen molar-refractivity contribution < 1.29 is 4.39 Å². The molecule has 1 aromatic carbocycles. The monoisotopic (exact) mass is 206 g/mol. The maximum absolute atomic E-state index is 13.1. The molecule has 0 fully saturated rings. The van der Waals surface area contributed by atoms with Crippen molar-refractivity contribution in [2.75, 3.05) is 19.0 Å². The summed E-state index contributed by atoms with van der Waals surface area (Å²) in [5, 5.41) is 9.06. The van der Waals surface area contributed by atoms with Crippen molar-refractivity contribution in [3.63, 3.8) is 0 Å². The van der Waals surface area contributed by atoms with Gasteiger partial charge in [0.2, 0.25) is 0 Å². The average Bonchev–Trinajstić information content (AvgIpc) is 2.17. The molecule has 0 amide bonds. The number of hydrogen-bond donors (Lipinski definition) is 0. The molecule has 0 spiro atoms. The second-order valence-electron chi connectivity index (χ2n) is 4.29. The number of halogens is 1.